The zero-order valence-corrected chi connectivity index (χ0v) is 14.3. The lowest BCUT2D eigenvalue weighted by molar-refractivity contribution is 0.236. The van der Waals surface area contributed by atoms with Crippen LogP contribution in [-0.4, -0.2) is 13.2 Å². The number of halogens is 2. The summed E-state index contributed by atoms with van der Waals surface area (Å²) >= 11 is 7.01. The Bertz CT molecular complexity index is 380. The van der Waals surface area contributed by atoms with Gasteiger partial charge in [0.05, 0.1) is 17.7 Å². The molecule has 4 heteroatoms. The minimum absolute atomic E-state index is 0.544. The van der Waals surface area contributed by atoms with Gasteiger partial charge in [-0.2, -0.15) is 0 Å². The van der Waals surface area contributed by atoms with Crippen LogP contribution in [0.2, 0.25) is 0 Å². The Morgan fingerprint density at radius 2 is 1.94 bits per heavy atom. The Morgan fingerprint density at radius 1 is 1.22 bits per heavy atom. The largest absolute Gasteiger partial charge is 0.490 e. The van der Waals surface area contributed by atoms with Crippen molar-refractivity contribution in [3.05, 3.63) is 22.2 Å². The normalized spacial score (nSPS) is 12.3. The number of hydrogen-bond acceptors (Lipinski definition) is 2. The molecule has 1 aromatic rings. The van der Waals surface area contributed by atoms with Crippen LogP contribution in [0.15, 0.2) is 16.6 Å². The van der Waals surface area contributed by atoms with Gasteiger partial charge in [-0.15, -0.1) is 0 Å². The first-order chi connectivity index (χ1) is 8.62. The van der Waals surface area contributed by atoms with E-state index in [0.29, 0.717) is 19.1 Å². The number of benzene rings is 1. The van der Waals surface area contributed by atoms with Crippen LogP contribution >= 0.6 is 31.9 Å². The summed E-state index contributed by atoms with van der Waals surface area (Å²) in [6.45, 7) is 7.68. The van der Waals surface area contributed by atoms with Crippen LogP contribution in [0.4, 0.5) is 0 Å². The zero-order valence-electron chi connectivity index (χ0n) is 11.1. The van der Waals surface area contributed by atoms with Crippen LogP contribution in [0.5, 0.6) is 11.5 Å². The number of hydrogen-bond donors (Lipinski definition) is 0. The summed E-state index contributed by atoms with van der Waals surface area (Å²) in [5.74, 6) is 2.16. The molecule has 2 nitrogen and oxygen atoms in total. The maximum Gasteiger partial charge on any atom is 0.175 e. The molecule has 1 atom stereocenters. The minimum Gasteiger partial charge on any atom is -0.490 e. The molecule has 0 fully saturated rings. The average molecular weight is 380 g/mol. The van der Waals surface area contributed by atoms with Gasteiger partial charge in [0.15, 0.2) is 11.5 Å². The molecule has 0 aliphatic heterocycles. The molecule has 0 amide bonds. The van der Waals surface area contributed by atoms with Crippen LogP contribution in [0.3, 0.4) is 0 Å². The summed E-state index contributed by atoms with van der Waals surface area (Å²) in [5, 5.41) is 0.803. The van der Waals surface area contributed by atoms with Gasteiger partial charge >= 0.3 is 0 Å². The molecule has 0 saturated heterocycles. The van der Waals surface area contributed by atoms with E-state index in [2.05, 4.69) is 51.8 Å². The van der Waals surface area contributed by atoms with Gasteiger partial charge < -0.3 is 9.47 Å². The van der Waals surface area contributed by atoms with E-state index in [1.165, 1.54) is 5.56 Å². The van der Waals surface area contributed by atoms with Crippen molar-refractivity contribution < 1.29 is 9.47 Å². The highest BCUT2D eigenvalue weighted by Crippen LogP contribution is 2.37. The van der Waals surface area contributed by atoms with E-state index in [1.54, 1.807) is 0 Å². The first-order valence-electron chi connectivity index (χ1n) is 6.26. The highest BCUT2D eigenvalue weighted by molar-refractivity contribution is 9.10. The summed E-state index contributed by atoms with van der Waals surface area (Å²) in [5.41, 5.74) is 1.17. The van der Waals surface area contributed by atoms with Crippen molar-refractivity contribution in [1.29, 1.82) is 0 Å². The molecule has 0 saturated carbocycles. The molecule has 0 aliphatic rings. The molecule has 0 radical (unpaired) electrons. The molecule has 0 bridgehead atoms. The smallest absolute Gasteiger partial charge is 0.175 e. The molecule has 1 rings (SSSR count). The van der Waals surface area contributed by atoms with E-state index in [1.807, 2.05) is 13.0 Å². The molecule has 0 aliphatic carbocycles. The monoisotopic (exact) mass is 378 g/mol. The van der Waals surface area contributed by atoms with Gasteiger partial charge in [-0.3, -0.25) is 0 Å². The molecule has 0 aromatic heterocycles. The molecular weight excluding hydrogens is 360 g/mol. The molecule has 102 valence electrons. The summed E-state index contributed by atoms with van der Waals surface area (Å²) in [6.07, 6.45) is 1.11. The molecule has 0 spiro atoms. The fourth-order valence-electron chi connectivity index (χ4n) is 1.44. The lowest BCUT2D eigenvalue weighted by Crippen LogP contribution is -2.09. The SMILES string of the molecule is CCOc1cc(CBr)cc(Br)c1OCC(C)CC. The van der Waals surface area contributed by atoms with Gasteiger partial charge in [-0.05, 0) is 46.5 Å². The lowest BCUT2D eigenvalue weighted by Gasteiger charge is -2.17. The van der Waals surface area contributed by atoms with E-state index in [4.69, 9.17) is 9.47 Å². The van der Waals surface area contributed by atoms with Crippen LogP contribution in [0.25, 0.3) is 0 Å². The van der Waals surface area contributed by atoms with Gasteiger partial charge in [0.1, 0.15) is 0 Å². The number of ether oxygens (including phenoxy) is 2. The van der Waals surface area contributed by atoms with E-state index < -0.39 is 0 Å². The van der Waals surface area contributed by atoms with E-state index in [-0.39, 0.29) is 0 Å². The number of alkyl halides is 1. The van der Waals surface area contributed by atoms with Crippen molar-refractivity contribution in [2.75, 3.05) is 13.2 Å². The molecule has 18 heavy (non-hydrogen) atoms. The van der Waals surface area contributed by atoms with Gasteiger partial charge in [-0.1, -0.05) is 36.2 Å². The van der Waals surface area contributed by atoms with E-state index in [9.17, 15) is 0 Å². The van der Waals surface area contributed by atoms with Gasteiger partial charge in [0.25, 0.3) is 0 Å². The van der Waals surface area contributed by atoms with Gasteiger partial charge in [0, 0.05) is 5.33 Å². The minimum atomic E-state index is 0.544. The summed E-state index contributed by atoms with van der Waals surface area (Å²) < 4.78 is 12.5. The van der Waals surface area contributed by atoms with Crippen LogP contribution in [0.1, 0.15) is 32.8 Å². The molecule has 1 unspecified atom stereocenters. The maximum absolute atomic E-state index is 5.89. The first-order valence-corrected chi connectivity index (χ1v) is 8.17. The Morgan fingerprint density at radius 3 is 2.50 bits per heavy atom. The third-order valence-corrected chi connectivity index (χ3v) is 3.97. The van der Waals surface area contributed by atoms with E-state index in [0.717, 1.165) is 27.7 Å². The van der Waals surface area contributed by atoms with Crippen LogP contribution in [-0.2, 0) is 5.33 Å². The zero-order chi connectivity index (χ0) is 13.5. The van der Waals surface area contributed by atoms with E-state index >= 15 is 0 Å². The number of rotatable bonds is 7. The highest BCUT2D eigenvalue weighted by Gasteiger charge is 2.13. The second-order valence-electron chi connectivity index (χ2n) is 4.30. The summed E-state index contributed by atoms with van der Waals surface area (Å²) in [7, 11) is 0. The van der Waals surface area contributed by atoms with Crippen molar-refractivity contribution in [2.24, 2.45) is 5.92 Å². The third-order valence-electron chi connectivity index (χ3n) is 2.73. The van der Waals surface area contributed by atoms with Gasteiger partial charge in [-0.25, -0.2) is 0 Å². The topological polar surface area (TPSA) is 18.5 Å². The van der Waals surface area contributed by atoms with Crippen molar-refractivity contribution in [1.82, 2.24) is 0 Å². The molecule has 1 aromatic carbocycles. The molecule has 0 N–H and O–H groups in total. The fourth-order valence-corrected chi connectivity index (χ4v) is 2.37. The Labute approximate surface area is 126 Å². The van der Waals surface area contributed by atoms with Crippen molar-refractivity contribution in [2.45, 2.75) is 32.5 Å². The predicted octanol–water partition coefficient (Wildman–Crippen LogP) is 5.17. The highest BCUT2D eigenvalue weighted by atomic mass is 79.9. The van der Waals surface area contributed by atoms with Crippen molar-refractivity contribution >= 4 is 31.9 Å². The Balaban J connectivity index is 2.92. The maximum atomic E-state index is 5.89. The van der Waals surface area contributed by atoms with Crippen molar-refractivity contribution in [3.8, 4) is 11.5 Å². The van der Waals surface area contributed by atoms with Gasteiger partial charge in [0.2, 0.25) is 0 Å². The van der Waals surface area contributed by atoms with Crippen molar-refractivity contribution in [3.63, 3.8) is 0 Å². The van der Waals surface area contributed by atoms with Crippen LogP contribution in [0, 0.1) is 5.92 Å². The first kappa shape index (κ1) is 15.8. The molecular formula is C14H20Br2O2. The fraction of sp³-hybridized carbons (Fsp3) is 0.571. The third kappa shape index (κ3) is 4.47. The second-order valence-corrected chi connectivity index (χ2v) is 5.71. The lowest BCUT2D eigenvalue weighted by atomic mass is 10.1. The summed E-state index contributed by atoms with van der Waals surface area (Å²) in [4.78, 5) is 0. The Hall–Kier alpha value is -0.220. The Kier molecular flexibility index (Phi) is 7.08. The standard InChI is InChI=1S/C14H20Br2O2/c1-4-10(3)9-18-14-12(16)6-11(8-15)7-13(14)17-5-2/h6-7,10H,4-5,8-9H2,1-3H3. The average Bonchev–Trinajstić information content (AvgIpc) is 2.37. The quantitative estimate of drug-likeness (QED) is 0.608. The second kappa shape index (κ2) is 8.05. The van der Waals surface area contributed by atoms with Crippen LogP contribution < -0.4 is 9.47 Å². The molecule has 0 heterocycles. The predicted molar refractivity (Wildman–Crippen MR) is 82.9 cm³/mol. The summed E-state index contributed by atoms with van der Waals surface area (Å²) in [6, 6.07) is 4.08.